The smallest absolute Gasteiger partial charge is 0.267 e. The van der Waals surface area contributed by atoms with Crippen molar-refractivity contribution in [3.63, 3.8) is 0 Å². The lowest BCUT2D eigenvalue weighted by molar-refractivity contribution is 0.587. The fourth-order valence-corrected chi connectivity index (χ4v) is 4.29. The summed E-state index contributed by atoms with van der Waals surface area (Å²) in [4.78, 5) is 0.273. The van der Waals surface area contributed by atoms with E-state index in [0.29, 0.717) is 0 Å². The monoisotopic (exact) mass is 362 g/mol. The van der Waals surface area contributed by atoms with Crippen LogP contribution < -0.4 is 0 Å². The summed E-state index contributed by atoms with van der Waals surface area (Å²) in [6.45, 7) is 2.01. The van der Waals surface area contributed by atoms with Gasteiger partial charge in [0.05, 0.1) is 16.3 Å². The lowest BCUT2D eigenvalue weighted by Crippen LogP contribution is -2.10. The van der Waals surface area contributed by atoms with E-state index < -0.39 is 10.0 Å². The van der Waals surface area contributed by atoms with Crippen molar-refractivity contribution in [2.75, 3.05) is 0 Å². The number of nitrogens with zero attached hydrogens (tertiary/aromatic N) is 2. The van der Waals surface area contributed by atoms with Crippen LogP contribution in [0.25, 0.3) is 16.9 Å². The van der Waals surface area contributed by atoms with Crippen molar-refractivity contribution in [3.05, 3.63) is 97.0 Å². The molecule has 0 aliphatic carbocycles. The van der Waals surface area contributed by atoms with Gasteiger partial charge in [0, 0.05) is 18.1 Å². The van der Waals surface area contributed by atoms with Crippen LogP contribution in [0, 0.1) is 6.92 Å². The van der Waals surface area contributed by atoms with Gasteiger partial charge in [-0.05, 0) is 42.8 Å². The highest BCUT2D eigenvalue weighted by Crippen LogP contribution is 2.27. The predicted octanol–water partition coefficient (Wildman–Crippen LogP) is 4.49. The van der Waals surface area contributed by atoms with Gasteiger partial charge in [-0.15, -0.1) is 0 Å². The lowest BCUT2D eigenvalue weighted by Gasteiger charge is -2.10. The van der Waals surface area contributed by atoms with Crippen molar-refractivity contribution in [2.24, 2.45) is 0 Å². The van der Waals surface area contributed by atoms with Crippen molar-refractivity contribution in [3.8, 4) is 16.9 Å². The van der Waals surface area contributed by atoms with Crippen molar-refractivity contribution in [1.82, 2.24) is 8.54 Å². The highest BCUT2D eigenvalue weighted by molar-refractivity contribution is 7.90. The van der Waals surface area contributed by atoms with E-state index in [9.17, 15) is 8.42 Å². The van der Waals surface area contributed by atoms with Crippen LogP contribution in [0.5, 0.6) is 0 Å². The zero-order valence-corrected chi connectivity index (χ0v) is 15.1. The SMILES string of the molecule is Cc1ccc(-c2ccccc2)n1-c1ccn(S(=O)(=O)c2ccccc2)c1. The van der Waals surface area contributed by atoms with E-state index in [-0.39, 0.29) is 4.90 Å². The van der Waals surface area contributed by atoms with E-state index in [1.165, 1.54) is 3.97 Å². The second-order valence-electron chi connectivity index (χ2n) is 6.08. The molecule has 0 bridgehead atoms. The minimum atomic E-state index is -3.60. The van der Waals surface area contributed by atoms with Gasteiger partial charge in [0.25, 0.3) is 10.0 Å². The molecule has 2 heterocycles. The van der Waals surface area contributed by atoms with Crippen molar-refractivity contribution in [2.45, 2.75) is 11.8 Å². The molecule has 0 amide bonds. The molecule has 4 rings (SSSR count). The third-order valence-electron chi connectivity index (χ3n) is 4.37. The van der Waals surface area contributed by atoms with Gasteiger partial charge in [-0.3, -0.25) is 0 Å². The summed E-state index contributed by atoms with van der Waals surface area (Å²) >= 11 is 0. The summed E-state index contributed by atoms with van der Waals surface area (Å²) in [6, 6.07) is 24.4. The van der Waals surface area contributed by atoms with E-state index in [1.54, 1.807) is 42.7 Å². The summed E-state index contributed by atoms with van der Waals surface area (Å²) in [6.07, 6.45) is 3.24. The summed E-state index contributed by atoms with van der Waals surface area (Å²) in [5, 5.41) is 0. The number of hydrogen-bond acceptors (Lipinski definition) is 2. The Balaban J connectivity index is 1.80. The maximum Gasteiger partial charge on any atom is 0.267 e. The predicted molar refractivity (Wildman–Crippen MR) is 103 cm³/mol. The molecule has 4 aromatic rings. The Hall–Kier alpha value is -3.05. The highest BCUT2D eigenvalue weighted by atomic mass is 32.2. The Labute approximate surface area is 153 Å². The third-order valence-corrected chi connectivity index (χ3v) is 6.02. The molecule has 130 valence electrons. The van der Waals surface area contributed by atoms with Gasteiger partial charge in [0.2, 0.25) is 0 Å². The first-order valence-electron chi connectivity index (χ1n) is 8.30. The number of aryl methyl sites for hydroxylation is 1. The van der Waals surface area contributed by atoms with E-state index in [4.69, 9.17) is 0 Å². The molecule has 4 nitrogen and oxygen atoms in total. The summed E-state index contributed by atoms with van der Waals surface area (Å²) in [5.41, 5.74) is 3.96. The molecule has 0 fully saturated rings. The Bertz CT molecular complexity index is 1140. The van der Waals surface area contributed by atoms with Crippen LogP contribution in [0.4, 0.5) is 0 Å². The van der Waals surface area contributed by atoms with Crippen molar-refractivity contribution >= 4 is 10.0 Å². The standard InChI is InChI=1S/C21H18N2O2S/c1-17-12-13-21(18-8-4-2-5-9-18)23(17)19-14-15-22(16-19)26(24,25)20-10-6-3-7-11-20/h2-16H,1H3. The van der Waals surface area contributed by atoms with Crippen LogP contribution in [0.15, 0.2) is 96.2 Å². The molecule has 0 N–H and O–H groups in total. The first-order chi connectivity index (χ1) is 12.6. The fourth-order valence-electron chi connectivity index (χ4n) is 3.08. The second kappa shape index (κ2) is 6.35. The second-order valence-corrected chi connectivity index (χ2v) is 7.92. The third kappa shape index (κ3) is 2.76. The maximum absolute atomic E-state index is 12.8. The highest BCUT2D eigenvalue weighted by Gasteiger charge is 2.18. The molecule has 0 saturated heterocycles. The molecule has 0 radical (unpaired) electrons. The normalized spacial score (nSPS) is 11.6. The molecule has 2 aromatic carbocycles. The molecule has 5 heteroatoms. The number of hydrogen-bond donors (Lipinski definition) is 0. The topological polar surface area (TPSA) is 44.0 Å². The molecule has 0 atom stereocenters. The van der Waals surface area contributed by atoms with Crippen LogP contribution in [0.1, 0.15) is 5.69 Å². The number of benzene rings is 2. The molecule has 0 spiro atoms. The molecular weight excluding hydrogens is 344 g/mol. The van der Waals surface area contributed by atoms with Gasteiger partial charge in [-0.1, -0.05) is 48.5 Å². The minimum absolute atomic E-state index is 0.273. The molecule has 0 aliphatic rings. The summed E-state index contributed by atoms with van der Waals surface area (Å²) in [7, 11) is -3.60. The molecule has 2 aromatic heterocycles. The zero-order chi connectivity index (χ0) is 18.1. The van der Waals surface area contributed by atoms with E-state index in [1.807, 2.05) is 55.5 Å². The van der Waals surface area contributed by atoms with Crippen LogP contribution in [-0.2, 0) is 10.0 Å². The first kappa shape index (κ1) is 16.4. The average molecular weight is 362 g/mol. The Morgan fingerprint density at radius 3 is 2.12 bits per heavy atom. The number of aromatic nitrogens is 2. The van der Waals surface area contributed by atoms with Gasteiger partial charge < -0.3 is 4.57 Å². The Kier molecular flexibility index (Phi) is 4.01. The summed E-state index contributed by atoms with van der Waals surface area (Å²) in [5.74, 6) is 0. The molecule has 0 aliphatic heterocycles. The first-order valence-corrected chi connectivity index (χ1v) is 9.74. The van der Waals surface area contributed by atoms with Crippen LogP contribution in [0.3, 0.4) is 0 Å². The molecular formula is C21H18N2O2S. The average Bonchev–Trinajstić information content (AvgIpc) is 3.30. The van der Waals surface area contributed by atoms with Crippen LogP contribution >= 0.6 is 0 Å². The van der Waals surface area contributed by atoms with Gasteiger partial charge in [0.1, 0.15) is 0 Å². The van der Waals surface area contributed by atoms with E-state index >= 15 is 0 Å². The van der Waals surface area contributed by atoms with Gasteiger partial charge in [0.15, 0.2) is 0 Å². The Morgan fingerprint density at radius 1 is 0.769 bits per heavy atom. The Morgan fingerprint density at radius 2 is 1.42 bits per heavy atom. The summed E-state index contributed by atoms with van der Waals surface area (Å²) < 4.78 is 29.0. The quantitative estimate of drug-likeness (QED) is 0.537. The van der Waals surface area contributed by atoms with E-state index in [2.05, 4.69) is 4.57 Å². The molecule has 26 heavy (non-hydrogen) atoms. The number of rotatable bonds is 4. The molecule has 0 saturated carbocycles. The minimum Gasteiger partial charge on any atom is -0.312 e. The fraction of sp³-hybridized carbons (Fsp3) is 0.0476. The van der Waals surface area contributed by atoms with Gasteiger partial charge in [-0.2, -0.15) is 0 Å². The van der Waals surface area contributed by atoms with E-state index in [0.717, 1.165) is 22.6 Å². The lowest BCUT2D eigenvalue weighted by atomic mass is 10.1. The van der Waals surface area contributed by atoms with Gasteiger partial charge >= 0.3 is 0 Å². The molecule has 0 unspecified atom stereocenters. The zero-order valence-electron chi connectivity index (χ0n) is 14.3. The van der Waals surface area contributed by atoms with Crippen LogP contribution in [-0.4, -0.2) is 17.0 Å². The van der Waals surface area contributed by atoms with Crippen molar-refractivity contribution in [1.29, 1.82) is 0 Å². The largest absolute Gasteiger partial charge is 0.312 e. The van der Waals surface area contributed by atoms with Crippen molar-refractivity contribution < 1.29 is 8.42 Å². The van der Waals surface area contributed by atoms with Crippen LogP contribution in [0.2, 0.25) is 0 Å². The maximum atomic E-state index is 12.8. The van der Waals surface area contributed by atoms with Gasteiger partial charge in [-0.25, -0.2) is 12.4 Å².